The first kappa shape index (κ1) is 17.0. The average molecular weight is 293 g/mol. The molecule has 4 N–H and O–H groups in total. The van der Waals surface area contributed by atoms with Crippen molar-refractivity contribution in [1.29, 1.82) is 0 Å². The third-order valence-corrected chi connectivity index (χ3v) is 2.65. The van der Waals surface area contributed by atoms with Gasteiger partial charge in [-0.2, -0.15) is 0 Å². The Morgan fingerprint density at radius 3 is 2.43 bits per heavy atom. The summed E-state index contributed by atoms with van der Waals surface area (Å²) in [6, 6.07) is 7.34. The molecule has 6 heteroatoms. The lowest BCUT2D eigenvalue weighted by Crippen LogP contribution is -2.35. The molecular weight excluding hydrogens is 270 g/mol. The molecule has 0 aliphatic carbocycles. The number of hydrogen-bond acceptors (Lipinski definition) is 4. The summed E-state index contributed by atoms with van der Waals surface area (Å²) in [7, 11) is 0. The number of carbonyl (C=O) groups excluding carboxylic acids is 2. The summed E-state index contributed by atoms with van der Waals surface area (Å²) in [5.74, 6) is 0.277. The zero-order valence-electron chi connectivity index (χ0n) is 12.5. The molecule has 0 fully saturated rings. The summed E-state index contributed by atoms with van der Waals surface area (Å²) < 4.78 is 5.34. The molecule has 0 bridgehead atoms. The summed E-state index contributed by atoms with van der Waals surface area (Å²) in [5.41, 5.74) is 6.50. The Hall–Kier alpha value is -2.08. The quantitative estimate of drug-likeness (QED) is 0.652. The zero-order chi connectivity index (χ0) is 15.7. The van der Waals surface area contributed by atoms with Crippen molar-refractivity contribution >= 4 is 11.8 Å². The number of amides is 2. The highest BCUT2D eigenvalue weighted by molar-refractivity contribution is 5.79. The molecule has 1 rings (SSSR count). The van der Waals surface area contributed by atoms with Crippen LogP contribution in [0.5, 0.6) is 5.75 Å². The van der Waals surface area contributed by atoms with Crippen molar-refractivity contribution in [3.05, 3.63) is 29.8 Å². The van der Waals surface area contributed by atoms with Crippen molar-refractivity contribution < 1.29 is 14.3 Å². The summed E-state index contributed by atoms with van der Waals surface area (Å²) >= 11 is 0. The van der Waals surface area contributed by atoms with Crippen molar-refractivity contribution in [3.8, 4) is 5.75 Å². The highest BCUT2D eigenvalue weighted by atomic mass is 16.5. The van der Waals surface area contributed by atoms with E-state index in [4.69, 9.17) is 10.5 Å². The summed E-state index contributed by atoms with van der Waals surface area (Å²) in [6.45, 7) is 4.47. The van der Waals surface area contributed by atoms with Gasteiger partial charge in [0.25, 0.3) is 5.91 Å². The maximum Gasteiger partial charge on any atom is 0.257 e. The molecule has 0 aliphatic heterocycles. The fraction of sp³-hybridized carbons (Fsp3) is 0.467. The number of rotatable bonds is 8. The minimum atomic E-state index is -0.254. The van der Waals surface area contributed by atoms with E-state index in [0.717, 1.165) is 5.56 Å². The lowest BCUT2D eigenvalue weighted by molar-refractivity contribution is -0.123. The summed E-state index contributed by atoms with van der Waals surface area (Å²) in [5, 5.41) is 5.39. The zero-order valence-corrected chi connectivity index (χ0v) is 12.5. The van der Waals surface area contributed by atoms with E-state index in [1.165, 1.54) is 0 Å². The van der Waals surface area contributed by atoms with Gasteiger partial charge < -0.3 is 21.1 Å². The molecule has 0 saturated carbocycles. The van der Waals surface area contributed by atoms with Crippen LogP contribution in [0.3, 0.4) is 0 Å². The number of nitrogens with two attached hydrogens (primary N) is 1. The molecule has 6 nitrogen and oxygen atoms in total. The van der Waals surface area contributed by atoms with Crippen LogP contribution in [0.15, 0.2) is 24.3 Å². The van der Waals surface area contributed by atoms with Crippen molar-refractivity contribution in [2.45, 2.75) is 32.9 Å². The van der Waals surface area contributed by atoms with Gasteiger partial charge in [-0.25, -0.2) is 0 Å². The van der Waals surface area contributed by atoms with Gasteiger partial charge in [-0.1, -0.05) is 12.1 Å². The number of carbonyl (C=O) groups is 2. The van der Waals surface area contributed by atoms with Gasteiger partial charge in [0.15, 0.2) is 6.61 Å². The van der Waals surface area contributed by atoms with Crippen molar-refractivity contribution in [3.63, 3.8) is 0 Å². The fourth-order valence-electron chi connectivity index (χ4n) is 1.63. The van der Waals surface area contributed by atoms with Gasteiger partial charge in [0, 0.05) is 25.6 Å². The minimum Gasteiger partial charge on any atom is -0.484 e. The Morgan fingerprint density at radius 2 is 1.86 bits per heavy atom. The standard InChI is InChI=1S/C15H23N3O3/c1-11(2)18-14(19)7-8-17-15(20)10-21-13-5-3-12(9-16)4-6-13/h3-6,11H,7-10,16H2,1-2H3,(H,17,20)(H,18,19). The van der Waals surface area contributed by atoms with E-state index >= 15 is 0 Å². The molecule has 0 heterocycles. The van der Waals surface area contributed by atoms with E-state index in [0.29, 0.717) is 18.8 Å². The van der Waals surface area contributed by atoms with Gasteiger partial charge >= 0.3 is 0 Å². The van der Waals surface area contributed by atoms with Crippen LogP contribution >= 0.6 is 0 Å². The molecule has 116 valence electrons. The Kier molecular flexibility index (Phi) is 7.25. The summed E-state index contributed by atoms with van der Waals surface area (Å²) in [6.07, 6.45) is 0.259. The monoisotopic (exact) mass is 293 g/mol. The van der Waals surface area contributed by atoms with Crippen LogP contribution < -0.4 is 21.1 Å². The van der Waals surface area contributed by atoms with E-state index in [-0.39, 0.29) is 30.9 Å². The third kappa shape index (κ3) is 7.31. The van der Waals surface area contributed by atoms with Crippen molar-refractivity contribution in [2.24, 2.45) is 5.73 Å². The van der Waals surface area contributed by atoms with E-state index < -0.39 is 0 Å². The topological polar surface area (TPSA) is 93.5 Å². The largest absolute Gasteiger partial charge is 0.484 e. The second-order valence-electron chi connectivity index (χ2n) is 4.96. The first-order valence-corrected chi connectivity index (χ1v) is 6.99. The van der Waals surface area contributed by atoms with Crippen molar-refractivity contribution in [2.75, 3.05) is 13.2 Å². The van der Waals surface area contributed by atoms with Crippen LogP contribution in [-0.2, 0) is 16.1 Å². The van der Waals surface area contributed by atoms with Crippen LogP contribution in [-0.4, -0.2) is 31.0 Å². The van der Waals surface area contributed by atoms with E-state index in [9.17, 15) is 9.59 Å². The van der Waals surface area contributed by atoms with Crippen LogP contribution in [0.25, 0.3) is 0 Å². The lowest BCUT2D eigenvalue weighted by Gasteiger charge is -2.09. The first-order valence-electron chi connectivity index (χ1n) is 6.99. The number of benzene rings is 1. The smallest absolute Gasteiger partial charge is 0.257 e. The Labute approximate surface area is 125 Å². The molecule has 21 heavy (non-hydrogen) atoms. The van der Waals surface area contributed by atoms with Crippen LogP contribution in [0.4, 0.5) is 0 Å². The Balaban J connectivity index is 2.20. The predicted molar refractivity (Wildman–Crippen MR) is 80.7 cm³/mol. The lowest BCUT2D eigenvalue weighted by atomic mass is 10.2. The number of ether oxygens (including phenoxy) is 1. The number of nitrogens with one attached hydrogen (secondary N) is 2. The predicted octanol–water partition coefficient (Wildman–Crippen LogP) is 0.555. The second-order valence-corrected chi connectivity index (χ2v) is 4.96. The van der Waals surface area contributed by atoms with Crippen LogP contribution in [0.1, 0.15) is 25.8 Å². The molecule has 0 atom stereocenters. The van der Waals surface area contributed by atoms with Crippen LogP contribution in [0, 0.1) is 0 Å². The van der Waals surface area contributed by atoms with Crippen molar-refractivity contribution in [1.82, 2.24) is 10.6 Å². The molecular formula is C15H23N3O3. The fourth-order valence-corrected chi connectivity index (χ4v) is 1.63. The van der Waals surface area contributed by atoms with Gasteiger partial charge in [0.1, 0.15) is 5.75 Å². The SMILES string of the molecule is CC(C)NC(=O)CCNC(=O)COc1ccc(CN)cc1. The number of hydrogen-bond donors (Lipinski definition) is 3. The van der Waals surface area contributed by atoms with Gasteiger partial charge in [0.05, 0.1) is 0 Å². The maximum atomic E-state index is 11.6. The second kappa shape index (κ2) is 8.97. The molecule has 0 spiro atoms. The van der Waals surface area contributed by atoms with Gasteiger partial charge in [-0.05, 0) is 31.5 Å². The van der Waals surface area contributed by atoms with Gasteiger partial charge in [0.2, 0.25) is 5.91 Å². The molecule has 0 aromatic heterocycles. The summed E-state index contributed by atoms with van der Waals surface area (Å²) in [4.78, 5) is 22.9. The molecule has 0 aliphatic rings. The Morgan fingerprint density at radius 1 is 1.19 bits per heavy atom. The van der Waals surface area contributed by atoms with E-state index in [2.05, 4.69) is 10.6 Å². The maximum absolute atomic E-state index is 11.6. The molecule has 0 radical (unpaired) electrons. The Bertz CT molecular complexity index is 458. The average Bonchev–Trinajstić information content (AvgIpc) is 2.45. The normalized spacial score (nSPS) is 10.3. The first-order chi connectivity index (χ1) is 10.0. The van der Waals surface area contributed by atoms with Crippen LogP contribution in [0.2, 0.25) is 0 Å². The van der Waals surface area contributed by atoms with Gasteiger partial charge in [-0.15, -0.1) is 0 Å². The molecule has 1 aromatic rings. The van der Waals surface area contributed by atoms with E-state index in [1.807, 2.05) is 26.0 Å². The van der Waals surface area contributed by atoms with Gasteiger partial charge in [-0.3, -0.25) is 9.59 Å². The van der Waals surface area contributed by atoms with E-state index in [1.54, 1.807) is 12.1 Å². The highest BCUT2D eigenvalue weighted by Gasteiger charge is 2.06. The third-order valence-electron chi connectivity index (χ3n) is 2.65. The molecule has 2 amide bonds. The molecule has 0 saturated heterocycles. The highest BCUT2D eigenvalue weighted by Crippen LogP contribution is 2.11. The minimum absolute atomic E-state index is 0.0756. The molecule has 1 aromatic carbocycles. The molecule has 0 unspecified atom stereocenters.